The Kier molecular flexibility index (Phi) is 2.92. The van der Waals surface area contributed by atoms with Crippen LogP contribution in [0, 0.1) is 15.2 Å². The van der Waals surface area contributed by atoms with E-state index in [1.165, 1.54) is 0 Å². The van der Waals surface area contributed by atoms with E-state index in [4.69, 9.17) is 0 Å². The molecular formula is C7H3F4I. The molecule has 0 amide bonds. The number of alkyl halides is 2. The smallest absolute Gasteiger partial charge is 0.205 e. The van der Waals surface area contributed by atoms with Crippen LogP contribution in [-0.2, 0) is 0 Å². The van der Waals surface area contributed by atoms with Crippen LogP contribution in [-0.4, -0.2) is 0 Å². The molecule has 0 fully saturated rings. The van der Waals surface area contributed by atoms with E-state index in [2.05, 4.69) is 0 Å². The summed E-state index contributed by atoms with van der Waals surface area (Å²) in [6.07, 6.45) is -2.98. The molecule has 12 heavy (non-hydrogen) atoms. The van der Waals surface area contributed by atoms with Gasteiger partial charge in [0.15, 0.2) is 11.6 Å². The molecule has 1 aromatic rings. The summed E-state index contributed by atoms with van der Waals surface area (Å²) in [5, 5.41) is 0. The fourth-order valence-electron chi connectivity index (χ4n) is 0.735. The van der Waals surface area contributed by atoms with Crippen LogP contribution in [0.1, 0.15) is 12.0 Å². The molecule has 0 saturated heterocycles. The lowest BCUT2D eigenvalue weighted by molar-refractivity contribution is 0.145. The van der Waals surface area contributed by atoms with Crippen LogP contribution in [0.25, 0.3) is 0 Å². The summed E-state index contributed by atoms with van der Waals surface area (Å²) in [6, 6.07) is 1.78. The molecule has 0 saturated carbocycles. The van der Waals surface area contributed by atoms with E-state index in [-0.39, 0.29) is 3.57 Å². The van der Waals surface area contributed by atoms with Crippen molar-refractivity contribution in [2.45, 2.75) is 6.43 Å². The molecule has 0 unspecified atom stereocenters. The molecule has 0 atom stereocenters. The van der Waals surface area contributed by atoms with Gasteiger partial charge in [0.2, 0.25) is 0 Å². The highest BCUT2D eigenvalue weighted by Gasteiger charge is 2.17. The lowest BCUT2D eigenvalue weighted by Gasteiger charge is -2.02. The maximum absolute atomic E-state index is 12.6. The molecule has 0 radical (unpaired) electrons. The van der Waals surface area contributed by atoms with E-state index in [0.717, 1.165) is 12.1 Å². The van der Waals surface area contributed by atoms with Crippen molar-refractivity contribution in [2.75, 3.05) is 0 Å². The van der Waals surface area contributed by atoms with Gasteiger partial charge in [-0.05, 0) is 34.7 Å². The SMILES string of the molecule is Fc1cc(I)cc(C(F)F)c1F. The van der Waals surface area contributed by atoms with Gasteiger partial charge in [-0.2, -0.15) is 0 Å². The Morgan fingerprint density at radius 3 is 2.25 bits per heavy atom. The molecule has 1 rings (SSSR count). The molecule has 5 heteroatoms. The Bertz CT molecular complexity index is 298. The van der Waals surface area contributed by atoms with Crippen molar-refractivity contribution in [2.24, 2.45) is 0 Å². The highest BCUT2D eigenvalue weighted by molar-refractivity contribution is 14.1. The average Bonchev–Trinajstić information content (AvgIpc) is 1.96. The van der Waals surface area contributed by atoms with Gasteiger partial charge in [0, 0.05) is 3.57 Å². The first kappa shape index (κ1) is 9.76. The van der Waals surface area contributed by atoms with Gasteiger partial charge < -0.3 is 0 Å². The summed E-state index contributed by atoms with van der Waals surface area (Å²) in [7, 11) is 0. The molecule has 0 aliphatic heterocycles. The Morgan fingerprint density at radius 2 is 1.75 bits per heavy atom. The first-order valence-corrected chi connectivity index (χ1v) is 4.03. The van der Waals surface area contributed by atoms with Gasteiger partial charge in [-0.3, -0.25) is 0 Å². The summed E-state index contributed by atoms with van der Waals surface area (Å²) >= 11 is 1.64. The summed E-state index contributed by atoms with van der Waals surface area (Å²) in [5.74, 6) is -2.71. The molecule has 0 aliphatic carbocycles. The predicted molar refractivity (Wildman–Crippen MR) is 44.0 cm³/mol. The molecule has 66 valence electrons. The van der Waals surface area contributed by atoms with Crippen molar-refractivity contribution in [1.29, 1.82) is 0 Å². The third-order valence-electron chi connectivity index (χ3n) is 1.26. The first-order chi connectivity index (χ1) is 5.52. The minimum Gasteiger partial charge on any atom is -0.205 e. The van der Waals surface area contributed by atoms with E-state index in [1.807, 2.05) is 0 Å². The van der Waals surface area contributed by atoms with Crippen LogP contribution < -0.4 is 0 Å². The zero-order chi connectivity index (χ0) is 9.30. The number of hydrogen-bond donors (Lipinski definition) is 0. The Labute approximate surface area is 79.7 Å². The zero-order valence-electron chi connectivity index (χ0n) is 5.62. The van der Waals surface area contributed by atoms with Gasteiger partial charge in [0.05, 0.1) is 5.56 Å². The van der Waals surface area contributed by atoms with Crippen molar-refractivity contribution in [3.63, 3.8) is 0 Å². The van der Waals surface area contributed by atoms with Crippen LogP contribution in [0.4, 0.5) is 17.6 Å². The molecule has 0 heterocycles. The quantitative estimate of drug-likeness (QED) is 0.422. The van der Waals surface area contributed by atoms with E-state index in [1.54, 1.807) is 22.6 Å². The standard InChI is InChI=1S/C7H3F4I/c8-5-2-3(12)1-4(6(5)9)7(10)11/h1-2,7H. The van der Waals surface area contributed by atoms with Crippen molar-refractivity contribution in [3.8, 4) is 0 Å². The van der Waals surface area contributed by atoms with Gasteiger partial charge in [-0.25, -0.2) is 17.6 Å². The predicted octanol–water partition coefficient (Wildman–Crippen LogP) is 3.51. The second-order valence-corrected chi connectivity index (χ2v) is 3.34. The van der Waals surface area contributed by atoms with Gasteiger partial charge in [0.25, 0.3) is 6.43 Å². The van der Waals surface area contributed by atoms with Gasteiger partial charge >= 0.3 is 0 Å². The third kappa shape index (κ3) is 1.88. The van der Waals surface area contributed by atoms with Crippen LogP contribution in [0.2, 0.25) is 0 Å². The van der Waals surface area contributed by atoms with E-state index < -0.39 is 23.6 Å². The van der Waals surface area contributed by atoms with Crippen molar-refractivity contribution >= 4 is 22.6 Å². The molecule has 0 bridgehead atoms. The lowest BCUT2D eigenvalue weighted by atomic mass is 10.2. The third-order valence-corrected chi connectivity index (χ3v) is 1.88. The van der Waals surface area contributed by atoms with Gasteiger partial charge in [0.1, 0.15) is 0 Å². The summed E-state index contributed by atoms with van der Waals surface area (Å²) in [4.78, 5) is 0. The number of hydrogen-bond acceptors (Lipinski definition) is 0. The second kappa shape index (κ2) is 3.59. The first-order valence-electron chi connectivity index (χ1n) is 2.95. The number of halogens is 5. The highest BCUT2D eigenvalue weighted by Crippen LogP contribution is 2.25. The summed E-state index contributed by atoms with van der Waals surface area (Å²) in [6.45, 7) is 0. The fraction of sp³-hybridized carbons (Fsp3) is 0.143. The van der Waals surface area contributed by atoms with Crippen LogP contribution >= 0.6 is 22.6 Å². The molecule has 0 aromatic heterocycles. The molecule has 1 aromatic carbocycles. The van der Waals surface area contributed by atoms with E-state index in [9.17, 15) is 17.6 Å². The van der Waals surface area contributed by atoms with Gasteiger partial charge in [-0.1, -0.05) is 0 Å². The average molecular weight is 290 g/mol. The number of benzene rings is 1. The maximum Gasteiger partial charge on any atom is 0.266 e. The minimum atomic E-state index is -2.98. The summed E-state index contributed by atoms with van der Waals surface area (Å²) in [5.41, 5.74) is -0.889. The highest BCUT2D eigenvalue weighted by atomic mass is 127. The second-order valence-electron chi connectivity index (χ2n) is 2.09. The van der Waals surface area contributed by atoms with Crippen LogP contribution in [0.5, 0.6) is 0 Å². The topological polar surface area (TPSA) is 0 Å². The molecule has 0 nitrogen and oxygen atoms in total. The molecular weight excluding hydrogens is 287 g/mol. The van der Waals surface area contributed by atoms with Crippen molar-refractivity contribution in [1.82, 2.24) is 0 Å². The Morgan fingerprint density at radius 1 is 1.17 bits per heavy atom. The fourth-order valence-corrected chi connectivity index (χ4v) is 1.34. The van der Waals surface area contributed by atoms with Crippen LogP contribution in [0.15, 0.2) is 12.1 Å². The Hall–Kier alpha value is -0.330. The lowest BCUT2D eigenvalue weighted by Crippen LogP contribution is -1.95. The Balaban J connectivity index is 3.28. The molecule has 0 aliphatic rings. The summed E-state index contributed by atoms with van der Waals surface area (Å²) < 4.78 is 49.3. The monoisotopic (exact) mass is 290 g/mol. The largest absolute Gasteiger partial charge is 0.266 e. The zero-order valence-corrected chi connectivity index (χ0v) is 7.78. The van der Waals surface area contributed by atoms with E-state index in [0.29, 0.717) is 0 Å². The minimum absolute atomic E-state index is 0.252. The molecule has 0 N–H and O–H groups in total. The van der Waals surface area contributed by atoms with E-state index >= 15 is 0 Å². The molecule has 0 spiro atoms. The van der Waals surface area contributed by atoms with Crippen LogP contribution in [0.3, 0.4) is 0 Å². The number of rotatable bonds is 1. The normalized spacial score (nSPS) is 10.8. The maximum atomic E-state index is 12.6. The van der Waals surface area contributed by atoms with Gasteiger partial charge in [-0.15, -0.1) is 0 Å². The van der Waals surface area contributed by atoms with Crippen molar-refractivity contribution in [3.05, 3.63) is 32.9 Å². The van der Waals surface area contributed by atoms with Crippen molar-refractivity contribution < 1.29 is 17.6 Å².